The highest BCUT2D eigenvalue weighted by Crippen LogP contribution is 2.45. The second kappa shape index (κ2) is 11.6. The van der Waals surface area contributed by atoms with E-state index in [2.05, 4.69) is 0 Å². The van der Waals surface area contributed by atoms with Crippen LogP contribution in [0.5, 0.6) is 0 Å². The van der Waals surface area contributed by atoms with Crippen LogP contribution in [0.25, 0.3) is 0 Å². The molecule has 0 bridgehead atoms. The number of hydrogen-bond donors (Lipinski definition) is 5. The first-order valence-electron chi connectivity index (χ1n) is 13.0. The van der Waals surface area contributed by atoms with Crippen molar-refractivity contribution in [1.82, 2.24) is 0 Å². The average molecular weight is 543 g/mol. The van der Waals surface area contributed by atoms with Crippen molar-refractivity contribution in [3.63, 3.8) is 0 Å². The number of cyclic esters (lactones) is 2. The van der Waals surface area contributed by atoms with E-state index in [-0.39, 0.29) is 37.0 Å². The Morgan fingerprint density at radius 1 is 1.11 bits per heavy atom. The summed E-state index contributed by atoms with van der Waals surface area (Å²) in [6, 6.07) is 0. The third-order valence-electron chi connectivity index (χ3n) is 8.49. The lowest BCUT2D eigenvalue weighted by molar-refractivity contribution is -0.327. The van der Waals surface area contributed by atoms with Gasteiger partial charge in [-0.05, 0) is 25.7 Å². The average Bonchev–Trinajstić information content (AvgIpc) is 3.19. The number of carbonyl (C=O) groups is 2. The molecule has 4 rings (SSSR count). The quantitative estimate of drug-likeness (QED) is 0.228. The molecule has 1 saturated carbocycles. The van der Waals surface area contributed by atoms with Crippen LogP contribution in [0.2, 0.25) is 0 Å². The van der Waals surface area contributed by atoms with Gasteiger partial charge in [-0.25, -0.2) is 4.79 Å². The van der Waals surface area contributed by atoms with Gasteiger partial charge in [0.2, 0.25) is 6.29 Å². The summed E-state index contributed by atoms with van der Waals surface area (Å²) < 4.78 is 28.0. The highest BCUT2D eigenvalue weighted by atomic mass is 16.8. The zero-order chi connectivity index (χ0) is 27.8. The lowest BCUT2D eigenvalue weighted by Crippen LogP contribution is -2.60. The van der Waals surface area contributed by atoms with Gasteiger partial charge < -0.3 is 49.2 Å². The topological polar surface area (TPSA) is 181 Å². The molecule has 38 heavy (non-hydrogen) atoms. The zero-order valence-electron chi connectivity index (χ0n) is 21.8. The Morgan fingerprint density at radius 2 is 1.84 bits per heavy atom. The van der Waals surface area contributed by atoms with Crippen LogP contribution in [0.1, 0.15) is 40.0 Å². The number of rotatable bonds is 3. The predicted molar refractivity (Wildman–Crippen MR) is 128 cm³/mol. The van der Waals surface area contributed by atoms with Crippen LogP contribution >= 0.6 is 0 Å². The minimum Gasteiger partial charge on any atom is -0.468 e. The molecule has 3 fully saturated rings. The summed E-state index contributed by atoms with van der Waals surface area (Å²) in [4.78, 5) is 26.1. The Bertz CT molecular complexity index is 947. The maximum absolute atomic E-state index is 13.1. The second-order valence-electron chi connectivity index (χ2n) is 10.7. The van der Waals surface area contributed by atoms with Crippen LogP contribution in [-0.4, -0.2) is 99.9 Å². The molecule has 5 N–H and O–H groups in total. The monoisotopic (exact) mass is 542 g/mol. The van der Waals surface area contributed by atoms with Crippen molar-refractivity contribution >= 4 is 11.9 Å². The summed E-state index contributed by atoms with van der Waals surface area (Å²) in [5, 5.41) is 51.3. The van der Waals surface area contributed by atoms with Crippen molar-refractivity contribution in [3.05, 3.63) is 23.5 Å². The smallest absolute Gasteiger partial charge is 0.337 e. The number of carbonyl (C=O) groups excluding carboxylic acids is 2. The SMILES string of the molecule is C/C=C1\C(O[C@@H]2O[C@H](CO)[C@@H](O)[C@H](O)[C@H]2O)OC=C2C(=O)OCC(C)C3(O)CCC(C)C3COC(=O)CC21. The molecule has 3 heterocycles. The molecule has 12 nitrogen and oxygen atoms in total. The van der Waals surface area contributed by atoms with Crippen LogP contribution in [0, 0.1) is 23.7 Å². The minimum absolute atomic E-state index is 0.0347. The number of allylic oxidation sites excluding steroid dienone is 1. The predicted octanol–water partition coefficient (Wildman–Crippen LogP) is -0.491. The van der Waals surface area contributed by atoms with E-state index in [1.54, 1.807) is 19.9 Å². The highest BCUT2D eigenvalue weighted by molar-refractivity contribution is 5.91. The fourth-order valence-electron chi connectivity index (χ4n) is 5.90. The van der Waals surface area contributed by atoms with Crippen LogP contribution in [0.4, 0.5) is 0 Å². The molecule has 1 aliphatic carbocycles. The van der Waals surface area contributed by atoms with Crippen molar-refractivity contribution in [2.24, 2.45) is 23.7 Å². The van der Waals surface area contributed by atoms with Gasteiger partial charge in [0.25, 0.3) is 0 Å². The van der Waals surface area contributed by atoms with Gasteiger partial charge in [0, 0.05) is 23.3 Å². The van der Waals surface area contributed by atoms with E-state index in [0.29, 0.717) is 12.0 Å². The Balaban J connectivity index is 1.57. The summed E-state index contributed by atoms with van der Waals surface area (Å²) in [6.07, 6.45) is -5.04. The molecule has 6 unspecified atom stereocenters. The fourth-order valence-corrected chi connectivity index (χ4v) is 5.90. The lowest BCUT2D eigenvalue weighted by Gasteiger charge is -2.42. The first kappa shape index (κ1) is 28.9. The summed E-state index contributed by atoms with van der Waals surface area (Å²) >= 11 is 0. The molecule has 0 aromatic heterocycles. The summed E-state index contributed by atoms with van der Waals surface area (Å²) in [5.41, 5.74) is -0.724. The Kier molecular flexibility index (Phi) is 8.82. The standard InChI is InChI=1S/C26H38O12/c1-4-14-15-7-19(28)34-11-17-12(2)5-6-26(17,33)13(3)9-35-23(32)16(15)10-36-24(14)38-25-22(31)21(30)20(29)18(8-27)37-25/h4,10,12-13,15,17-18,20-22,24-25,27,29-31,33H,5-9,11H2,1-3H3/b14-4-/t12?,13?,15?,17?,18-,20-,21+,22-,24?,25+,26?/m1/s1. The third-order valence-corrected chi connectivity index (χ3v) is 8.49. The van der Waals surface area contributed by atoms with Gasteiger partial charge >= 0.3 is 11.9 Å². The molecular formula is C26H38O12. The van der Waals surface area contributed by atoms with E-state index < -0.39 is 73.0 Å². The molecule has 0 aromatic rings. The van der Waals surface area contributed by atoms with Gasteiger partial charge in [0.1, 0.15) is 24.4 Å². The molecule has 0 spiro atoms. The molecule has 11 atom stereocenters. The largest absolute Gasteiger partial charge is 0.468 e. The van der Waals surface area contributed by atoms with Crippen molar-refractivity contribution in [3.8, 4) is 0 Å². The first-order valence-corrected chi connectivity index (χ1v) is 13.0. The molecular weight excluding hydrogens is 504 g/mol. The molecule has 214 valence electrons. The van der Waals surface area contributed by atoms with Crippen molar-refractivity contribution < 1.29 is 58.8 Å². The summed E-state index contributed by atoms with van der Waals surface area (Å²) in [6.45, 7) is 4.82. The van der Waals surface area contributed by atoms with Crippen LogP contribution in [0.15, 0.2) is 23.5 Å². The van der Waals surface area contributed by atoms with E-state index >= 15 is 0 Å². The normalized spacial score (nSPS) is 45.5. The molecule has 4 aliphatic rings. The highest BCUT2D eigenvalue weighted by Gasteiger charge is 2.51. The van der Waals surface area contributed by atoms with Gasteiger partial charge in [0.15, 0.2) is 6.29 Å². The van der Waals surface area contributed by atoms with E-state index in [1.807, 2.05) is 6.92 Å². The number of aliphatic hydroxyl groups excluding tert-OH is 4. The molecule has 2 saturated heterocycles. The number of fused-ring (bicyclic) bond motifs is 2. The van der Waals surface area contributed by atoms with Crippen LogP contribution in [-0.2, 0) is 33.3 Å². The van der Waals surface area contributed by atoms with E-state index in [0.717, 1.165) is 12.7 Å². The number of esters is 2. The Morgan fingerprint density at radius 3 is 2.53 bits per heavy atom. The maximum Gasteiger partial charge on any atom is 0.337 e. The molecule has 0 amide bonds. The molecule has 0 aromatic carbocycles. The van der Waals surface area contributed by atoms with Gasteiger partial charge in [-0.1, -0.05) is 19.9 Å². The van der Waals surface area contributed by atoms with Gasteiger partial charge in [-0.3, -0.25) is 4.79 Å². The maximum atomic E-state index is 13.1. The van der Waals surface area contributed by atoms with Crippen LogP contribution < -0.4 is 0 Å². The third kappa shape index (κ3) is 5.35. The number of ether oxygens (including phenoxy) is 5. The Hall–Kier alpha value is -2.06. The second-order valence-corrected chi connectivity index (χ2v) is 10.7. The zero-order valence-corrected chi connectivity index (χ0v) is 21.8. The molecule has 3 aliphatic heterocycles. The number of hydrogen-bond acceptors (Lipinski definition) is 12. The van der Waals surface area contributed by atoms with Gasteiger partial charge in [0.05, 0.1) is 43.7 Å². The molecule has 0 radical (unpaired) electrons. The minimum atomic E-state index is -1.67. The fraction of sp³-hybridized carbons (Fsp3) is 0.769. The summed E-state index contributed by atoms with van der Waals surface area (Å²) in [7, 11) is 0. The Labute approximate surface area is 220 Å². The lowest BCUT2D eigenvalue weighted by atomic mass is 9.78. The molecule has 12 heteroatoms. The van der Waals surface area contributed by atoms with Crippen molar-refractivity contribution in [1.29, 1.82) is 0 Å². The van der Waals surface area contributed by atoms with E-state index in [1.165, 1.54) is 0 Å². The van der Waals surface area contributed by atoms with E-state index in [9.17, 15) is 35.1 Å². The van der Waals surface area contributed by atoms with Gasteiger partial charge in [-0.2, -0.15) is 0 Å². The van der Waals surface area contributed by atoms with Gasteiger partial charge in [-0.15, -0.1) is 0 Å². The first-order chi connectivity index (χ1) is 18.0. The van der Waals surface area contributed by atoms with Crippen molar-refractivity contribution in [2.45, 2.75) is 82.6 Å². The van der Waals surface area contributed by atoms with Crippen molar-refractivity contribution in [2.75, 3.05) is 19.8 Å². The summed E-state index contributed by atoms with van der Waals surface area (Å²) in [5.74, 6) is -2.73. The van der Waals surface area contributed by atoms with E-state index in [4.69, 9.17) is 23.7 Å². The number of aliphatic hydroxyl groups is 5. The van der Waals surface area contributed by atoms with Crippen LogP contribution in [0.3, 0.4) is 0 Å².